The predicted molar refractivity (Wildman–Crippen MR) is 156 cm³/mol. The van der Waals surface area contributed by atoms with E-state index in [0.717, 1.165) is 29.2 Å². The van der Waals surface area contributed by atoms with Crippen LogP contribution in [-0.4, -0.2) is 35.8 Å². The van der Waals surface area contributed by atoms with Gasteiger partial charge in [0.1, 0.15) is 11.9 Å². The first kappa shape index (κ1) is 33.1. The number of rotatable bonds is 9. The van der Waals surface area contributed by atoms with Gasteiger partial charge in [-0.3, -0.25) is 9.48 Å². The Hall–Kier alpha value is -5.78. The van der Waals surface area contributed by atoms with Crippen molar-refractivity contribution in [2.45, 2.75) is 25.2 Å². The van der Waals surface area contributed by atoms with Gasteiger partial charge >= 0.3 is 18.4 Å². The maximum Gasteiger partial charge on any atom is 0.464 e. The fourth-order valence-corrected chi connectivity index (χ4v) is 5.30. The maximum atomic E-state index is 15.5. The summed E-state index contributed by atoms with van der Waals surface area (Å²) >= 11 is 6.01. The Morgan fingerprint density at radius 3 is 2.41 bits per heavy atom. The lowest BCUT2D eigenvalue weighted by molar-refractivity contribution is -0.659. The van der Waals surface area contributed by atoms with Crippen molar-refractivity contribution in [3.8, 4) is 27.9 Å². The summed E-state index contributed by atoms with van der Waals surface area (Å²) < 4.78 is 99.2. The van der Waals surface area contributed by atoms with E-state index < -0.39 is 42.0 Å². The van der Waals surface area contributed by atoms with Crippen LogP contribution in [0.4, 0.5) is 30.7 Å². The maximum absolute atomic E-state index is 15.5. The van der Waals surface area contributed by atoms with Crippen molar-refractivity contribution >= 4 is 17.5 Å². The van der Waals surface area contributed by atoms with Gasteiger partial charge in [0, 0.05) is 30.4 Å². The zero-order chi connectivity index (χ0) is 35.2. The number of aromatic amines is 1. The Morgan fingerprint density at radius 1 is 1.02 bits per heavy atom. The molecule has 6 aromatic rings. The summed E-state index contributed by atoms with van der Waals surface area (Å²) in [5.74, 6) is -2.89. The second-order valence-electron chi connectivity index (χ2n) is 10.6. The molecule has 6 rings (SSSR count). The third kappa shape index (κ3) is 6.54. The van der Waals surface area contributed by atoms with Crippen LogP contribution in [0.3, 0.4) is 0 Å². The van der Waals surface area contributed by atoms with Gasteiger partial charge in [-0.25, -0.2) is 13.5 Å². The molecule has 0 bridgehead atoms. The summed E-state index contributed by atoms with van der Waals surface area (Å²) in [4.78, 5) is 11.5. The second-order valence-corrected chi connectivity index (χ2v) is 11.0. The van der Waals surface area contributed by atoms with Crippen molar-refractivity contribution in [1.82, 2.24) is 29.9 Å². The minimum absolute atomic E-state index is 0.0298. The van der Waals surface area contributed by atoms with Crippen LogP contribution < -0.4 is 15.1 Å². The number of pyridine rings is 1. The monoisotopic (exact) mass is 706 g/mol. The van der Waals surface area contributed by atoms with Crippen molar-refractivity contribution < 1.29 is 44.9 Å². The van der Waals surface area contributed by atoms with E-state index in [9.17, 15) is 36.3 Å². The molecule has 252 valence electrons. The largest absolute Gasteiger partial charge is 0.618 e. The van der Waals surface area contributed by atoms with Crippen molar-refractivity contribution in [2.75, 3.05) is 0 Å². The standard InChI is InChI=1S/C30H19ClF7N9O2/c31-20-4-6-23(46-14-25(41-43-46)30(36,37)38)26(27(20)33)16-2-5-22(47(49)13-16)24(10-18-7-8-44(42-18)29(34)35)45-12-17(11-40-45)15-1-3-19(28(39)48)21(32)9-15/h1-9,11-14,24,29H,10H2,(H2,39,48)/p+1/t24-/m1/s1. The Bertz CT molecular complexity index is 2200. The number of nitrogens with one attached hydrogen (secondary N) is 1. The third-order valence-electron chi connectivity index (χ3n) is 7.48. The van der Waals surface area contributed by atoms with E-state index in [0.29, 0.717) is 26.7 Å². The number of hydrogen-bond donors (Lipinski definition) is 2. The van der Waals surface area contributed by atoms with Gasteiger partial charge in [0.05, 0.1) is 38.7 Å². The Morgan fingerprint density at radius 2 is 1.78 bits per heavy atom. The molecule has 0 aliphatic rings. The number of nitrogens with two attached hydrogens (primary N) is 1. The third-order valence-corrected chi connectivity index (χ3v) is 7.77. The minimum Gasteiger partial charge on any atom is -0.618 e. The summed E-state index contributed by atoms with van der Waals surface area (Å²) in [6.07, 6.45) is 0.439. The molecule has 0 unspecified atom stereocenters. The SMILES string of the molecule is NC(=O)c1ccc(-c2cnn([C@H](Cc3ccn(C(F)F)n3)c3ccc(-c4c(-[n+]5cc(C(F)(F)F)n[nH]5)ccc(Cl)c4F)c[n+]3[O-])c2)cc1F. The summed E-state index contributed by atoms with van der Waals surface area (Å²) in [6.45, 7) is -2.94. The number of alkyl halides is 5. The molecule has 11 nitrogen and oxygen atoms in total. The highest BCUT2D eigenvalue weighted by Gasteiger charge is 2.41. The van der Waals surface area contributed by atoms with E-state index >= 15 is 4.39 Å². The van der Waals surface area contributed by atoms with Gasteiger partial charge in [-0.1, -0.05) is 22.9 Å². The van der Waals surface area contributed by atoms with Crippen LogP contribution in [0.25, 0.3) is 27.9 Å². The fraction of sp³-hybridized carbons (Fsp3) is 0.133. The number of H-pyrrole nitrogens is 1. The molecule has 0 spiro atoms. The van der Waals surface area contributed by atoms with Crippen LogP contribution in [0.1, 0.15) is 40.0 Å². The molecule has 3 N–H and O–H groups in total. The first-order valence-electron chi connectivity index (χ1n) is 13.9. The quantitative estimate of drug-likeness (QED) is 0.119. The number of carbonyl (C=O) groups excluding carboxylic acids is 1. The van der Waals surface area contributed by atoms with Gasteiger partial charge in [0.15, 0.2) is 23.9 Å². The summed E-state index contributed by atoms with van der Waals surface area (Å²) in [6, 6.07) is 8.93. The normalized spacial score (nSPS) is 12.5. The molecule has 0 aliphatic carbocycles. The van der Waals surface area contributed by atoms with Crippen LogP contribution in [0.15, 0.2) is 79.5 Å². The molecule has 2 aromatic carbocycles. The van der Waals surface area contributed by atoms with Crippen molar-refractivity contribution in [2.24, 2.45) is 5.73 Å². The highest BCUT2D eigenvalue weighted by atomic mass is 35.5. The number of nitrogens with zero attached hydrogens (tertiary/aromatic N) is 7. The Balaban J connectivity index is 1.42. The predicted octanol–water partition coefficient (Wildman–Crippen LogP) is 5.32. The van der Waals surface area contributed by atoms with E-state index in [-0.39, 0.29) is 45.2 Å². The average Bonchev–Trinajstić information content (AvgIpc) is 3.82. The molecule has 1 atom stereocenters. The first-order chi connectivity index (χ1) is 23.2. The van der Waals surface area contributed by atoms with E-state index in [1.807, 2.05) is 0 Å². The highest BCUT2D eigenvalue weighted by molar-refractivity contribution is 6.31. The van der Waals surface area contributed by atoms with Gasteiger partial charge in [-0.15, -0.1) is 4.68 Å². The highest BCUT2D eigenvalue weighted by Crippen LogP contribution is 2.33. The molecular weight excluding hydrogens is 687 g/mol. The molecule has 49 heavy (non-hydrogen) atoms. The van der Waals surface area contributed by atoms with E-state index in [1.165, 1.54) is 53.5 Å². The summed E-state index contributed by atoms with van der Waals surface area (Å²) in [7, 11) is 0. The van der Waals surface area contributed by atoms with E-state index in [1.54, 1.807) is 0 Å². The number of halogens is 8. The van der Waals surface area contributed by atoms with Gasteiger partial charge < -0.3 is 10.9 Å². The van der Waals surface area contributed by atoms with E-state index in [2.05, 4.69) is 20.5 Å². The van der Waals surface area contributed by atoms with E-state index in [4.69, 9.17) is 17.3 Å². The number of hydrogen-bond acceptors (Lipinski definition) is 5. The summed E-state index contributed by atoms with van der Waals surface area (Å²) in [5.41, 5.74) is 3.76. The van der Waals surface area contributed by atoms with Gasteiger partial charge in [0.2, 0.25) is 5.69 Å². The van der Waals surface area contributed by atoms with Crippen molar-refractivity contribution in [3.05, 3.63) is 124 Å². The average molecular weight is 707 g/mol. The van der Waals surface area contributed by atoms with Crippen molar-refractivity contribution in [1.29, 1.82) is 0 Å². The number of carbonyl (C=O) groups is 1. The number of benzene rings is 2. The van der Waals surface area contributed by atoms with Crippen LogP contribution >= 0.6 is 11.6 Å². The van der Waals surface area contributed by atoms with Gasteiger partial charge in [0.25, 0.3) is 5.91 Å². The molecule has 4 aromatic heterocycles. The topological polar surface area (TPSA) is 138 Å². The first-order valence-corrected chi connectivity index (χ1v) is 14.3. The molecule has 4 heterocycles. The number of aromatic nitrogens is 8. The van der Waals surface area contributed by atoms with Crippen LogP contribution in [0, 0.1) is 16.8 Å². The zero-order valence-corrected chi connectivity index (χ0v) is 25.2. The molecular formula is C30H20ClF7N9O2+. The fourth-order valence-electron chi connectivity index (χ4n) is 5.14. The van der Waals surface area contributed by atoms with Crippen LogP contribution in [0.5, 0.6) is 0 Å². The lowest BCUT2D eigenvalue weighted by Gasteiger charge is -2.17. The lowest BCUT2D eigenvalue weighted by atomic mass is 10.0. The van der Waals surface area contributed by atoms with Gasteiger partial charge in [-0.05, 0) is 42.0 Å². The van der Waals surface area contributed by atoms with Crippen LogP contribution in [0.2, 0.25) is 5.02 Å². The molecule has 0 aliphatic heterocycles. The molecule has 19 heteroatoms. The Kier molecular flexibility index (Phi) is 8.57. The zero-order valence-electron chi connectivity index (χ0n) is 24.4. The molecule has 1 amide bonds. The smallest absolute Gasteiger partial charge is 0.464 e. The number of amides is 1. The van der Waals surface area contributed by atoms with Crippen molar-refractivity contribution in [3.63, 3.8) is 0 Å². The number of primary amides is 1. The van der Waals surface area contributed by atoms with Crippen LogP contribution in [-0.2, 0) is 12.6 Å². The molecule has 0 radical (unpaired) electrons. The Labute approximate surface area is 275 Å². The minimum atomic E-state index is -4.81. The molecule has 0 saturated carbocycles. The second kappa shape index (κ2) is 12.7. The lowest BCUT2D eigenvalue weighted by Crippen LogP contribution is -2.37. The molecule has 0 saturated heterocycles. The van der Waals surface area contributed by atoms with Gasteiger partial charge in [-0.2, -0.15) is 36.9 Å². The molecule has 0 fully saturated rings. The summed E-state index contributed by atoms with van der Waals surface area (Å²) in [5, 5.41) is 26.8.